The van der Waals surface area contributed by atoms with Gasteiger partial charge in [-0.2, -0.15) is 0 Å². The molecular formula is C16H36N2O. The van der Waals surface area contributed by atoms with Crippen molar-refractivity contribution in [3.05, 3.63) is 0 Å². The van der Waals surface area contributed by atoms with E-state index in [-0.39, 0.29) is 12.1 Å². The van der Waals surface area contributed by atoms with Gasteiger partial charge in [-0.3, -0.25) is 0 Å². The molecule has 1 unspecified atom stereocenters. The fraction of sp³-hybridized carbons (Fsp3) is 1.00. The molecule has 0 heterocycles. The van der Waals surface area contributed by atoms with E-state index in [1.54, 1.807) is 0 Å². The maximum atomic E-state index is 9.35. The van der Waals surface area contributed by atoms with Crippen LogP contribution in [0.2, 0.25) is 0 Å². The molecule has 0 radical (unpaired) electrons. The third kappa shape index (κ3) is 7.91. The average molecular weight is 272 g/mol. The predicted molar refractivity (Wildman–Crippen MR) is 84.6 cm³/mol. The molecule has 3 nitrogen and oxygen atoms in total. The highest BCUT2D eigenvalue weighted by atomic mass is 16.3. The van der Waals surface area contributed by atoms with Crippen molar-refractivity contribution in [2.45, 2.75) is 65.3 Å². The van der Waals surface area contributed by atoms with Crippen molar-refractivity contribution < 1.29 is 5.11 Å². The highest BCUT2D eigenvalue weighted by Gasteiger charge is 2.19. The molecule has 0 spiro atoms. The maximum absolute atomic E-state index is 9.35. The standard InChI is InChI=1S/C16H36N2O/c1-6-15(7-2)13-18(8-3)12-10-9-11-16(4,14-19)17-5/h15,17,19H,6-14H2,1-5H3. The van der Waals surface area contributed by atoms with Crippen LogP contribution in [0.25, 0.3) is 0 Å². The first kappa shape index (κ1) is 18.9. The van der Waals surface area contributed by atoms with Gasteiger partial charge in [-0.05, 0) is 45.8 Å². The van der Waals surface area contributed by atoms with Crippen LogP contribution in [0.15, 0.2) is 0 Å². The molecule has 0 aromatic rings. The van der Waals surface area contributed by atoms with Crippen LogP contribution in [-0.4, -0.2) is 48.8 Å². The second-order valence-corrected chi connectivity index (χ2v) is 6.00. The lowest BCUT2D eigenvalue weighted by atomic mass is 9.96. The molecule has 0 bridgehead atoms. The lowest BCUT2D eigenvalue weighted by molar-refractivity contribution is 0.167. The molecule has 3 heteroatoms. The molecule has 116 valence electrons. The van der Waals surface area contributed by atoms with Gasteiger partial charge in [0.15, 0.2) is 0 Å². The minimum atomic E-state index is -0.105. The SMILES string of the molecule is CCC(CC)CN(CC)CCCCC(C)(CO)NC. The Hall–Kier alpha value is -0.120. The summed E-state index contributed by atoms with van der Waals surface area (Å²) in [6.45, 7) is 12.7. The van der Waals surface area contributed by atoms with Crippen molar-refractivity contribution in [1.29, 1.82) is 0 Å². The van der Waals surface area contributed by atoms with Gasteiger partial charge < -0.3 is 15.3 Å². The fourth-order valence-electron chi connectivity index (χ4n) is 2.42. The number of likely N-dealkylation sites (N-methyl/N-ethyl adjacent to an activating group) is 1. The number of aliphatic hydroxyl groups is 1. The number of nitrogens with zero attached hydrogens (tertiary/aromatic N) is 1. The molecule has 1 atom stereocenters. The Kier molecular flexibility index (Phi) is 10.6. The highest BCUT2D eigenvalue weighted by Crippen LogP contribution is 2.14. The monoisotopic (exact) mass is 272 g/mol. The van der Waals surface area contributed by atoms with Crippen LogP contribution in [0.4, 0.5) is 0 Å². The summed E-state index contributed by atoms with van der Waals surface area (Å²) >= 11 is 0. The third-order valence-corrected chi connectivity index (χ3v) is 4.52. The Morgan fingerprint density at radius 3 is 2.21 bits per heavy atom. The zero-order valence-electron chi connectivity index (χ0n) is 13.8. The molecule has 0 fully saturated rings. The minimum Gasteiger partial charge on any atom is -0.394 e. The van der Waals surface area contributed by atoms with E-state index in [1.807, 2.05) is 7.05 Å². The number of rotatable bonds is 12. The van der Waals surface area contributed by atoms with E-state index in [0.717, 1.165) is 18.9 Å². The number of nitrogens with one attached hydrogen (secondary N) is 1. The topological polar surface area (TPSA) is 35.5 Å². The zero-order chi connectivity index (χ0) is 14.7. The van der Waals surface area contributed by atoms with Crippen molar-refractivity contribution in [1.82, 2.24) is 10.2 Å². The molecule has 0 aliphatic rings. The smallest absolute Gasteiger partial charge is 0.0610 e. The van der Waals surface area contributed by atoms with E-state index in [4.69, 9.17) is 0 Å². The van der Waals surface area contributed by atoms with E-state index in [9.17, 15) is 5.11 Å². The second-order valence-electron chi connectivity index (χ2n) is 6.00. The molecule has 19 heavy (non-hydrogen) atoms. The van der Waals surface area contributed by atoms with Gasteiger partial charge in [0.2, 0.25) is 0 Å². The average Bonchev–Trinajstić information content (AvgIpc) is 2.46. The summed E-state index contributed by atoms with van der Waals surface area (Å²) in [6.07, 6.45) is 6.02. The Morgan fingerprint density at radius 1 is 1.16 bits per heavy atom. The number of hydrogen-bond acceptors (Lipinski definition) is 3. The van der Waals surface area contributed by atoms with Gasteiger partial charge in [0.1, 0.15) is 0 Å². The Balaban J connectivity index is 3.89. The van der Waals surface area contributed by atoms with Crippen molar-refractivity contribution in [2.75, 3.05) is 33.3 Å². The molecular weight excluding hydrogens is 236 g/mol. The first-order valence-electron chi connectivity index (χ1n) is 8.07. The first-order chi connectivity index (χ1) is 9.05. The van der Waals surface area contributed by atoms with E-state index < -0.39 is 0 Å². The lowest BCUT2D eigenvalue weighted by Gasteiger charge is -2.28. The van der Waals surface area contributed by atoms with Gasteiger partial charge in [-0.15, -0.1) is 0 Å². The molecule has 0 aliphatic carbocycles. The summed E-state index contributed by atoms with van der Waals surface area (Å²) in [4.78, 5) is 2.58. The number of aliphatic hydroxyl groups excluding tert-OH is 1. The number of unbranched alkanes of at least 4 members (excludes halogenated alkanes) is 1. The molecule has 0 aromatic heterocycles. The van der Waals surface area contributed by atoms with Crippen LogP contribution in [0.3, 0.4) is 0 Å². The van der Waals surface area contributed by atoms with Gasteiger partial charge in [-0.1, -0.05) is 40.0 Å². The summed E-state index contributed by atoms with van der Waals surface area (Å²) in [5, 5.41) is 12.6. The van der Waals surface area contributed by atoms with Crippen molar-refractivity contribution in [3.8, 4) is 0 Å². The maximum Gasteiger partial charge on any atom is 0.0610 e. The van der Waals surface area contributed by atoms with E-state index in [0.29, 0.717) is 0 Å². The molecule has 0 amide bonds. The fourth-order valence-corrected chi connectivity index (χ4v) is 2.42. The van der Waals surface area contributed by atoms with Gasteiger partial charge >= 0.3 is 0 Å². The van der Waals surface area contributed by atoms with Gasteiger partial charge in [-0.25, -0.2) is 0 Å². The van der Waals surface area contributed by atoms with E-state index in [1.165, 1.54) is 38.8 Å². The summed E-state index contributed by atoms with van der Waals surface area (Å²) in [5.41, 5.74) is -0.105. The quantitative estimate of drug-likeness (QED) is 0.536. The zero-order valence-corrected chi connectivity index (χ0v) is 13.8. The van der Waals surface area contributed by atoms with Crippen LogP contribution in [0.1, 0.15) is 59.8 Å². The lowest BCUT2D eigenvalue weighted by Crippen LogP contribution is -2.43. The van der Waals surface area contributed by atoms with E-state index in [2.05, 4.69) is 37.9 Å². The Labute approximate surface area is 120 Å². The Morgan fingerprint density at radius 2 is 1.79 bits per heavy atom. The largest absolute Gasteiger partial charge is 0.394 e. The Bertz CT molecular complexity index is 201. The van der Waals surface area contributed by atoms with E-state index >= 15 is 0 Å². The van der Waals surface area contributed by atoms with Crippen LogP contribution in [0, 0.1) is 5.92 Å². The highest BCUT2D eigenvalue weighted by molar-refractivity contribution is 4.80. The molecule has 2 N–H and O–H groups in total. The summed E-state index contributed by atoms with van der Waals surface area (Å²) < 4.78 is 0. The third-order valence-electron chi connectivity index (χ3n) is 4.52. The summed E-state index contributed by atoms with van der Waals surface area (Å²) in [6, 6.07) is 0. The van der Waals surface area contributed by atoms with Gasteiger partial charge in [0, 0.05) is 12.1 Å². The van der Waals surface area contributed by atoms with Crippen LogP contribution < -0.4 is 5.32 Å². The van der Waals surface area contributed by atoms with Crippen molar-refractivity contribution in [2.24, 2.45) is 5.92 Å². The molecule has 0 saturated heterocycles. The van der Waals surface area contributed by atoms with Crippen LogP contribution >= 0.6 is 0 Å². The molecule has 0 aliphatic heterocycles. The molecule has 0 rings (SSSR count). The van der Waals surface area contributed by atoms with Crippen molar-refractivity contribution >= 4 is 0 Å². The molecule has 0 saturated carbocycles. The van der Waals surface area contributed by atoms with Crippen LogP contribution in [0.5, 0.6) is 0 Å². The molecule has 0 aromatic carbocycles. The minimum absolute atomic E-state index is 0.105. The summed E-state index contributed by atoms with van der Waals surface area (Å²) in [7, 11) is 1.93. The predicted octanol–water partition coefficient (Wildman–Crippen LogP) is 2.89. The van der Waals surface area contributed by atoms with Crippen molar-refractivity contribution in [3.63, 3.8) is 0 Å². The normalized spacial score (nSPS) is 15.2. The van der Waals surface area contributed by atoms with Gasteiger partial charge in [0.05, 0.1) is 6.61 Å². The summed E-state index contributed by atoms with van der Waals surface area (Å²) in [5.74, 6) is 0.847. The first-order valence-corrected chi connectivity index (χ1v) is 8.07. The van der Waals surface area contributed by atoms with Gasteiger partial charge in [0.25, 0.3) is 0 Å². The second kappa shape index (κ2) is 10.6. The van der Waals surface area contributed by atoms with Crippen LogP contribution in [-0.2, 0) is 0 Å². The number of hydrogen-bond donors (Lipinski definition) is 2.